The quantitative estimate of drug-likeness (QED) is 0.0626. The molecule has 0 saturated carbocycles. The minimum absolute atomic E-state index is 0.0251. The third-order valence-corrected chi connectivity index (χ3v) is 5.41. The van der Waals surface area contributed by atoms with Crippen molar-refractivity contribution in [3.63, 3.8) is 0 Å². The lowest BCUT2D eigenvalue weighted by Crippen LogP contribution is -2.42. The Balaban J connectivity index is 0. The number of hydrogen-bond acceptors (Lipinski definition) is 6. The number of nitrogens with one attached hydrogen (secondary N) is 1. The van der Waals surface area contributed by atoms with Crippen molar-refractivity contribution >= 4 is 23.8 Å². The van der Waals surface area contributed by atoms with Gasteiger partial charge in [-0.05, 0) is 39.0 Å². The van der Waals surface area contributed by atoms with E-state index in [9.17, 15) is 14.4 Å². The summed E-state index contributed by atoms with van der Waals surface area (Å²) in [5.41, 5.74) is 10.6. The van der Waals surface area contributed by atoms with Crippen LogP contribution in [0.4, 0.5) is 0 Å². The van der Waals surface area contributed by atoms with E-state index < -0.39 is 18.0 Å². The number of aliphatic hydroxyl groups is 1. The summed E-state index contributed by atoms with van der Waals surface area (Å²) in [6.07, 6.45) is 14.8. The van der Waals surface area contributed by atoms with Gasteiger partial charge < -0.3 is 31.7 Å². The first kappa shape index (κ1) is 35.8. The number of carboxylic acids is 1. The molecule has 0 bridgehead atoms. The molecule has 10 nitrogen and oxygen atoms in total. The molecule has 0 aromatic heterocycles. The van der Waals surface area contributed by atoms with Gasteiger partial charge >= 0.3 is 11.9 Å². The molecule has 1 atom stereocenters. The summed E-state index contributed by atoms with van der Waals surface area (Å²) in [4.78, 5) is 37.9. The lowest BCUT2D eigenvalue weighted by atomic mass is 10.1. The summed E-state index contributed by atoms with van der Waals surface area (Å²) in [7, 11) is 0. The van der Waals surface area contributed by atoms with E-state index in [0.29, 0.717) is 38.6 Å². The van der Waals surface area contributed by atoms with Crippen LogP contribution in [0.3, 0.4) is 0 Å². The number of carbonyl (C=O) groups is 3. The lowest BCUT2D eigenvalue weighted by Gasteiger charge is -2.17. The summed E-state index contributed by atoms with van der Waals surface area (Å²) in [5.74, 6) is -1.23. The summed E-state index contributed by atoms with van der Waals surface area (Å²) in [5, 5.41) is 19.2. The van der Waals surface area contributed by atoms with Crippen LogP contribution in [-0.4, -0.2) is 59.8 Å². The number of aliphatic hydroxyl groups excluding tert-OH is 1. The summed E-state index contributed by atoms with van der Waals surface area (Å²) < 4.78 is 5.04. The van der Waals surface area contributed by atoms with Crippen molar-refractivity contribution in [2.45, 2.75) is 123 Å². The molecule has 212 valence electrons. The normalized spacial score (nSPS) is 11.1. The smallest absolute Gasteiger partial charge is 0.328 e. The van der Waals surface area contributed by atoms with Crippen LogP contribution in [0.2, 0.25) is 0 Å². The predicted molar refractivity (Wildman–Crippen MR) is 144 cm³/mol. The molecule has 0 aromatic rings. The number of nitrogens with two attached hydrogens (primary N) is 2. The summed E-state index contributed by atoms with van der Waals surface area (Å²) in [6, 6.07) is -0.634. The van der Waals surface area contributed by atoms with E-state index in [4.69, 9.17) is 26.4 Å². The Morgan fingerprint density at radius 3 is 1.92 bits per heavy atom. The number of carboxylic acid groups (broad SMARTS) is 1. The zero-order chi connectivity index (χ0) is 27.4. The molecule has 0 aromatic carbocycles. The molecular weight excluding hydrogens is 464 g/mol. The first-order valence-corrected chi connectivity index (χ1v) is 13.6. The van der Waals surface area contributed by atoms with Gasteiger partial charge in [0, 0.05) is 26.0 Å². The van der Waals surface area contributed by atoms with E-state index >= 15 is 0 Å². The number of aliphatic carboxylic acids is 1. The Kier molecular flexibility index (Phi) is 27.1. The second-order valence-corrected chi connectivity index (χ2v) is 8.83. The molecule has 0 fully saturated rings. The molecule has 36 heavy (non-hydrogen) atoms. The van der Waals surface area contributed by atoms with Crippen molar-refractivity contribution in [3.8, 4) is 0 Å². The van der Waals surface area contributed by atoms with Crippen LogP contribution in [0, 0.1) is 0 Å². The molecule has 0 aliphatic rings. The first-order valence-electron chi connectivity index (χ1n) is 13.6. The molecule has 0 aliphatic carbocycles. The number of guanidine groups is 1. The highest BCUT2D eigenvalue weighted by molar-refractivity contribution is 5.84. The average Bonchev–Trinajstić information content (AvgIpc) is 2.83. The van der Waals surface area contributed by atoms with Crippen LogP contribution in [0.5, 0.6) is 0 Å². The summed E-state index contributed by atoms with van der Waals surface area (Å²) in [6.45, 7) is 4.85. The third-order valence-electron chi connectivity index (χ3n) is 5.41. The van der Waals surface area contributed by atoms with Crippen LogP contribution in [-0.2, 0) is 19.1 Å². The fourth-order valence-electron chi connectivity index (χ4n) is 3.42. The second kappa shape index (κ2) is 27.2. The fourth-order valence-corrected chi connectivity index (χ4v) is 3.42. The van der Waals surface area contributed by atoms with Gasteiger partial charge in [0.1, 0.15) is 6.04 Å². The number of amides is 1. The van der Waals surface area contributed by atoms with Gasteiger partial charge in [0.25, 0.3) is 0 Å². The molecule has 0 radical (unpaired) electrons. The molecule has 0 rings (SSSR count). The van der Waals surface area contributed by atoms with Crippen molar-refractivity contribution in [1.29, 1.82) is 0 Å². The number of aliphatic imine (C=N–C) groups is 1. The van der Waals surface area contributed by atoms with Gasteiger partial charge in [0.05, 0.1) is 6.61 Å². The molecule has 7 N–H and O–H groups in total. The minimum atomic E-state index is -0.757. The molecule has 0 saturated heterocycles. The Morgan fingerprint density at radius 1 is 0.833 bits per heavy atom. The van der Waals surface area contributed by atoms with Gasteiger partial charge in [-0.3, -0.25) is 14.6 Å². The van der Waals surface area contributed by atoms with E-state index in [-0.39, 0.29) is 31.5 Å². The monoisotopic (exact) mass is 516 g/mol. The zero-order valence-electron chi connectivity index (χ0n) is 22.6. The van der Waals surface area contributed by atoms with Crippen molar-refractivity contribution in [3.05, 3.63) is 0 Å². The highest BCUT2D eigenvalue weighted by Crippen LogP contribution is 2.11. The van der Waals surface area contributed by atoms with Crippen molar-refractivity contribution in [2.75, 3.05) is 19.8 Å². The number of hydrogen-bond donors (Lipinski definition) is 5. The number of ether oxygens (including phenoxy) is 1. The van der Waals surface area contributed by atoms with Crippen LogP contribution in [0.15, 0.2) is 4.99 Å². The molecule has 0 spiro atoms. The SMILES string of the molecule is CCCCCCCCCCCC(=O)N[C@@H](CCCN=C(N)N)C(=O)OCC.O=C(O)CCCCCO. The maximum atomic E-state index is 12.1. The van der Waals surface area contributed by atoms with Gasteiger partial charge in [0.15, 0.2) is 5.96 Å². The van der Waals surface area contributed by atoms with Gasteiger partial charge in [-0.1, -0.05) is 64.7 Å². The van der Waals surface area contributed by atoms with Crippen LogP contribution in [0.1, 0.15) is 117 Å². The largest absolute Gasteiger partial charge is 0.481 e. The van der Waals surface area contributed by atoms with Crippen LogP contribution in [0.25, 0.3) is 0 Å². The zero-order valence-corrected chi connectivity index (χ0v) is 22.6. The van der Waals surface area contributed by atoms with Crippen LogP contribution < -0.4 is 16.8 Å². The van der Waals surface area contributed by atoms with Gasteiger partial charge in [-0.2, -0.15) is 0 Å². The van der Waals surface area contributed by atoms with Gasteiger partial charge in [-0.15, -0.1) is 0 Å². The lowest BCUT2D eigenvalue weighted by molar-refractivity contribution is -0.147. The second-order valence-electron chi connectivity index (χ2n) is 8.83. The van der Waals surface area contributed by atoms with Gasteiger partial charge in [-0.25, -0.2) is 4.79 Å². The van der Waals surface area contributed by atoms with Crippen molar-refractivity contribution in [1.82, 2.24) is 5.32 Å². The molecular formula is C26H52N4O6. The van der Waals surface area contributed by atoms with E-state index in [1.165, 1.54) is 44.9 Å². The number of carbonyl (C=O) groups excluding carboxylic acids is 2. The van der Waals surface area contributed by atoms with E-state index in [2.05, 4.69) is 17.2 Å². The van der Waals surface area contributed by atoms with Gasteiger partial charge in [0.2, 0.25) is 5.91 Å². The molecule has 0 aliphatic heterocycles. The highest BCUT2D eigenvalue weighted by atomic mass is 16.5. The number of esters is 1. The Bertz CT molecular complexity index is 583. The minimum Gasteiger partial charge on any atom is -0.481 e. The standard InChI is InChI=1S/C20H40N4O3.C6H12O3/c1-3-5-6-7-8-9-10-11-12-15-18(25)24-17(19(26)27-4-2)14-13-16-23-20(21)22;7-5-3-1-2-4-6(8)9/h17H,3-16H2,1-2H3,(H,24,25)(H4,21,22,23);7H,1-5H2,(H,8,9)/t17-;/m0./s1. The highest BCUT2D eigenvalue weighted by Gasteiger charge is 2.21. The van der Waals surface area contributed by atoms with Crippen molar-refractivity contribution < 1.29 is 29.3 Å². The fraction of sp³-hybridized carbons (Fsp3) is 0.846. The molecule has 0 unspecified atom stereocenters. The molecule has 1 amide bonds. The predicted octanol–water partition coefficient (Wildman–Crippen LogP) is 3.63. The Labute approximate surface area is 217 Å². The van der Waals surface area contributed by atoms with E-state index in [0.717, 1.165) is 19.3 Å². The van der Waals surface area contributed by atoms with E-state index in [1.807, 2.05) is 0 Å². The molecule has 0 heterocycles. The maximum Gasteiger partial charge on any atom is 0.328 e. The summed E-state index contributed by atoms with van der Waals surface area (Å²) >= 11 is 0. The third kappa shape index (κ3) is 27.9. The van der Waals surface area contributed by atoms with Crippen LogP contribution >= 0.6 is 0 Å². The maximum absolute atomic E-state index is 12.1. The Morgan fingerprint density at radius 2 is 1.39 bits per heavy atom. The number of rotatable bonds is 22. The van der Waals surface area contributed by atoms with Crippen molar-refractivity contribution in [2.24, 2.45) is 16.5 Å². The molecule has 10 heteroatoms. The topological polar surface area (TPSA) is 177 Å². The first-order chi connectivity index (χ1) is 17.3. The average molecular weight is 517 g/mol. The van der Waals surface area contributed by atoms with E-state index in [1.54, 1.807) is 6.92 Å². The number of unbranched alkanes of at least 4 members (excludes halogenated alkanes) is 10. The number of nitrogens with zero attached hydrogens (tertiary/aromatic N) is 1. The Hall–Kier alpha value is -2.36.